The van der Waals surface area contributed by atoms with Crippen LogP contribution >= 0.6 is 0 Å². The fourth-order valence-electron chi connectivity index (χ4n) is 3.01. The molecule has 0 spiro atoms. The molecule has 0 aliphatic heterocycles. The summed E-state index contributed by atoms with van der Waals surface area (Å²) in [6.45, 7) is 4.48. The number of benzene rings is 1. The van der Waals surface area contributed by atoms with E-state index < -0.39 is 5.97 Å². The Labute approximate surface area is 111 Å². The molecule has 1 aliphatic rings. The van der Waals surface area contributed by atoms with Gasteiger partial charge in [-0.25, -0.2) is 9.78 Å². The van der Waals surface area contributed by atoms with E-state index in [0.29, 0.717) is 17.0 Å². The number of oxazole rings is 1. The number of aromatic nitrogens is 1. The van der Waals surface area contributed by atoms with Crippen molar-refractivity contribution in [2.24, 2.45) is 5.41 Å². The molecule has 0 saturated heterocycles. The number of carboxylic acids is 1. The Morgan fingerprint density at radius 3 is 2.89 bits per heavy atom. The molecular weight excluding hydrogens is 242 g/mol. The molecule has 1 aliphatic carbocycles. The van der Waals surface area contributed by atoms with Gasteiger partial charge in [-0.2, -0.15) is 0 Å². The SMILES string of the molecule is CC1(C)CCCC1c1nc2cc(C(=O)O)ccc2o1. The third kappa shape index (κ3) is 2.01. The largest absolute Gasteiger partial charge is 0.478 e. The highest BCUT2D eigenvalue weighted by atomic mass is 16.4. The molecule has 4 heteroatoms. The van der Waals surface area contributed by atoms with Crippen LogP contribution in [0.3, 0.4) is 0 Å². The van der Waals surface area contributed by atoms with E-state index in [4.69, 9.17) is 9.52 Å². The molecule has 0 amide bonds. The zero-order chi connectivity index (χ0) is 13.6. The van der Waals surface area contributed by atoms with Gasteiger partial charge in [0.2, 0.25) is 0 Å². The number of carboxylic acid groups (broad SMARTS) is 1. The molecule has 1 saturated carbocycles. The molecule has 1 N–H and O–H groups in total. The smallest absolute Gasteiger partial charge is 0.335 e. The van der Waals surface area contributed by atoms with Crippen molar-refractivity contribution in [2.75, 3.05) is 0 Å². The van der Waals surface area contributed by atoms with Crippen molar-refractivity contribution >= 4 is 17.1 Å². The van der Waals surface area contributed by atoms with Gasteiger partial charge in [0.05, 0.1) is 5.56 Å². The Kier molecular flexibility index (Phi) is 2.62. The Morgan fingerprint density at radius 2 is 2.26 bits per heavy atom. The topological polar surface area (TPSA) is 63.3 Å². The van der Waals surface area contributed by atoms with E-state index in [0.717, 1.165) is 12.3 Å². The van der Waals surface area contributed by atoms with Crippen LogP contribution in [0.4, 0.5) is 0 Å². The van der Waals surface area contributed by atoms with E-state index in [2.05, 4.69) is 18.8 Å². The third-order valence-electron chi connectivity index (χ3n) is 4.21. The van der Waals surface area contributed by atoms with Crippen LogP contribution < -0.4 is 0 Å². The summed E-state index contributed by atoms with van der Waals surface area (Å²) in [5.74, 6) is 0.140. The van der Waals surface area contributed by atoms with Crippen molar-refractivity contribution in [3.63, 3.8) is 0 Å². The summed E-state index contributed by atoms with van der Waals surface area (Å²) < 4.78 is 5.82. The van der Waals surface area contributed by atoms with Crippen LogP contribution in [0.15, 0.2) is 22.6 Å². The van der Waals surface area contributed by atoms with E-state index in [1.54, 1.807) is 18.2 Å². The molecular formula is C15H17NO3. The molecule has 1 unspecified atom stereocenters. The van der Waals surface area contributed by atoms with Gasteiger partial charge in [0.1, 0.15) is 5.52 Å². The molecule has 1 heterocycles. The highest BCUT2D eigenvalue weighted by Gasteiger charge is 2.38. The summed E-state index contributed by atoms with van der Waals surface area (Å²) in [7, 11) is 0. The number of nitrogens with zero attached hydrogens (tertiary/aromatic N) is 1. The summed E-state index contributed by atoms with van der Waals surface area (Å²) >= 11 is 0. The second kappa shape index (κ2) is 4.08. The molecule has 1 aromatic heterocycles. The van der Waals surface area contributed by atoms with Crippen molar-refractivity contribution in [3.05, 3.63) is 29.7 Å². The van der Waals surface area contributed by atoms with Gasteiger partial charge in [-0.15, -0.1) is 0 Å². The Hall–Kier alpha value is -1.84. The number of hydrogen-bond acceptors (Lipinski definition) is 3. The average Bonchev–Trinajstić information content (AvgIpc) is 2.89. The minimum absolute atomic E-state index is 0.205. The van der Waals surface area contributed by atoms with Gasteiger partial charge in [-0.1, -0.05) is 20.3 Å². The van der Waals surface area contributed by atoms with Crippen molar-refractivity contribution in [1.29, 1.82) is 0 Å². The van der Waals surface area contributed by atoms with Crippen LogP contribution in [-0.2, 0) is 0 Å². The van der Waals surface area contributed by atoms with Crippen LogP contribution in [0.2, 0.25) is 0 Å². The molecule has 3 rings (SSSR count). The van der Waals surface area contributed by atoms with Crippen molar-refractivity contribution in [3.8, 4) is 0 Å². The van der Waals surface area contributed by atoms with E-state index in [9.17, 15) is 4.79 Å². The lowest BCUT2D eigenvalue weighted by Gasteiger charge is -2.23. The number of rotatable bonds is 2. The Balaban J connectivity index is 2.04. The molecule has 1 aromatic carbocycles. The second-order valence-electron chi connectivity index (χ2n) is 5.97. The molecule has 100 valence electrons. The first-order valence-electron chi connectivity index (χ1n) is 6.61. The second-order valence-corrected chi connectivity index (χ2v) is 5.97. The van der Waals surface area contributed by atoms with E-state index in [1.807, 2.05) is 0 Å². The predicted octanol–water partition coefficient (Wildman–Crippen LogP) is 3.82. The van der Waals surface area contributed by atoms with Crippen LogP contribution in [0.25, 0.3) is 11.1 Å². The average molecular weight is 259 g/mol. The number of fused-ring (bicyclic) bond motifs is 1. The van der Waals surface area contributed by atoms with Crippen LogP contribution in [0.1, 0.15) is 55.3 Å². The summed E-state index contributed by atoms with van der Waals surface area (Å²) in [5.41, 5.74) is 1.76. The first-order chi connectivity index (χ1) is 8.97. The van der Waals surface area contributed by atoms with Crippen LogP contribution in [-0.4, -0.2) is 16.1 Å². The minimum atomic E-state index is -0.937. The monoisotopic (exact) mass is 259 g/mol. The summed E-state index contributed by atoms with van der Waals surface area (Å²) in [4.78, 5) is 15.5. The Bertz CT molecular complexity index is 642. The van der Waals surface area contributed by atoms with Crippen molar-refractivity contribution in [2.45, 2.75) is 39.0 Å². The molecule has 2 aromatic rings. The van der Waals surface area contributed by atoms with Crippen LogP contribution in [0, 0.1) is 5.41 Å². The lowest BCUT2D eigenvalue weighted by atomic mass is 9.82. The normalized spacial score (nSPS) is 21.9. The first kappa shape index (κ1) is 12.2. The molecule has 0 radical (unpaired) electrons. The summed E-state index contributed by atoms with van der Waals surface area (Å²) in [6, 6.07) is 4.82. The van der Waals surface area contributed by atoms with E-state index in [-0.39, 0.29) is 11.0 Å². The summed E-state index contributed by atoms with van der Waals surface area (Å²) in [6.07, 6.45) is 3.46. The number of aromatic carboxylic acids is 1. The highest BCUT2D eigenvalue weighted by molar-refractivity contribution is 5.91. The van der Waals surface area contributed by atoms with Gasteiger partial charge < -0.3 is 9.52 Å². The van der Waals surface area contributed by atoms with Crippen LogP contribution in [0.5, 0.6) is 0 Å². The lowest BCUT2D eigenvalue weighted by Crippen LogP contribution is -2.15. The van der Waals surface area contributed by atoms with E-state index >= 15 is 0 Å². The van der Waals surface area contributed by atoms with Gasteiger partial charge in [-0.05, 0) is 36.5 Å². The van der Waals surface area contributed by atoms with Crippen molar-refractivity contribution in [1.82, 2.24) is 4.98 Å². The summed E-state index contributed by atoms with van der Waals surface area (Å²) in [5, 5.41) is 8.99. The van der Waals surface area contributed by atoms with Gasteiger partial charge in [0.15, 0.2) is 11.5 Å². The lowest BCUT2D eigenvalue weighted by molar-refractivity contribution is 0.0697. The predicted molar refractivity (Wildman–Crippen MR) is 71.3 cm³/mol. The zero-order valence-corrected chi connectivity index (χ0v) is 11.1. The maximum atomic E-state index is 11.0. The Morgan fingerprint density at radius 1 is 1.47 bits per heavy atom. The fraction of sp³-hybridized carbons (Fsp3) is 0.467. The number of hydrogen-bond donors (Lipinski definition) is 1. The van der Waals surface area contributed by atoms with E-state index in [1.165, 1.54) is 12.8 Å². The molecule has 4 nitrogen and oxygen atoms in total. The quantitative estimate of drug-likeness (QED) is 0.890. The standard InChI is InChI=1S/C15H17NO3/c1-15(2)7-3-4-10(15)13-16-11-8-9(14(17)18)5-6-12(11)19-13/h5-6,8,10H,3-4,7H2,1-2H3,(H,17,18). The van der Waals surface area contributed by atoms with Gasteiger partial charge in [-0.3, -0.25) is 0 Å². The van der Waals surface area contributed by atoms with Crippen molar-refractivity contribution < 1.29 is 14.3 Å². The zero-order valence-electron chi connectivity index (χ0n) is 11.1. The van der Waals surface area contributed by atoms with Gasteiger partial charge >= 0.3 is 5.97 Å². The molecule has 0 bridgehead atoms. The molecule has 1 fully saturated rings. The maximum Gasteiger partial charge on any atom is 0.335 e. The molecule has 19 heavy (non-hydrogen) atoms. The maximum absolute atomic E-state index is 11.0. The number of carbonyl (C=O) groups is 1. The van der Waals surface area contributed by atoms with Gasteiger partial charge in [0, 0.05) is 5.92 Å². The third-order valence-corrected chi connectivity index (χ3v) is 4.21. The highest BCUT2D eigenvalue weighted by Crippen LogP contribution is 2.48. The minimum Gasteiger partial charge on any atom is -0.478 e. The molecule has 1 atom stereocenters. The van der Waals surface area contributed by atoms with Gasteiger partial charge in [0.25, 0.3) is 0 Å². The fourth-order valence-corrected chi connectivity index (χ4v) is 3.01. The first-order valence-corrected chi connectivity index (χ1v) is 6.61.